The fourth-order valence-corrected chi connectivity index (χ4v) is 1.51. The molecule has 0 bridgehead atoms. The van der Waals surface area contributed by atoms with Crippen LogP contribution in [0.3, 0.4) is 0 Å². The van der Waals surface area contributed by atoms with Gasteiger partial charge in [0.1, 0.15) is 5.82 Å². The van der Waals surface area contributed by atoms with E-state index in [2.05, 4.69) is 10.3 Å². The summed E-state index contributed by atoms with van der Waals surface area (Å²) < 4.78 is 13.2. The zero-order chi connectivity index (χ0) is 14.7. The van der Waals surface area contributed by atoms with E-state index in [0.717, 1.165) is 24.3 Å². The van der Waals surface area contributed by atoms with Crippen LogP contribution in [0.2, 0.25) is 0 Å². The van der Waals surface area contributed by atoms with Crippen LogP contribution in [0, 0.1) is 15.9 Å². The van der Waals surface area contributed by atoms with E-state index in [1.54, 1.807) is 0 Å². The van der Waals surface area contributed by atoms with Crippen molar-refractivity contribution in [3.8, 4) is 0 Å². The van der Waals surface area contributed by atoms with Gasteiger partial charge >= 0.3 is 0 Å². The predicted octanol–water partition coefficient (Wildman–Crippen LogP) is 1.67. The number of benzene rings is 1. The second-order valence-corrected chi connectivity index (χ2v) is 3.85. The monoisotopic (exact) mass is 277 g/mol. The second-order valence-electron chi connectivity index (χ2n) is 3.85. The molecule has 0 spiro atoms. The van der Waals surface area contributed by atoms with Crippen LogP contribution in [0.25, 0.3) is 0 Å². The third-order valence-electron chi connectivity index (χ3n) is 2.40. The minimum absolute atomic E-state index is 0.0482. The largest absolute Gasteiger partial charge is 0.328 e. The van der Waals surface area contributed by atoms with Crippen molar-refractivity contribution in [3.05, 3.63) is 68.4 Å². The summed E-state index contributed by atoms with van der Waals surface area (Å²) >= 11 is 0. The van der Waals surface area contributed by atoms with E-state index >= 15 is 0 Å². The molecule has 0 aliphatic heterocycles. The van der Waals surface area contributed by atoms with Crippen LogP contribution >= 0.6 is 0 Å². The van der Waals surface area contributed by atoms with Gasteiger partial charge in [-0.1, -0.05) is 0 Å². The Hall–Kier alpha value is -3.03. The summed E-state index contributed by atoms with van der Waals surface area (Å²) in [5.41, 5.74) is -0.755. The Morgan fingerprint density at radius 1 is 1.30 bits per heavy atom. The first-order valence-electron chi connectivity index (χ1n) is 5.41. The normalized spacial score (nSPS) is 10.1. The summed E-state index contributed by atoms with van der Waals surface area (Å²) in [6, 6.07) is 5.17. The third-order valence-corrected chi connectivity index (χ3v) is 2.40. The number of halogens is 1. The molecule has 102 valence electrons. The number of hydrogen-bond donors (Lipinski definition) is 2. The zero-order valence-electron chi connectivity index (χ0n) is 9.92. The molecule has 0 aliphatic rings. The molecule has 0 unspecified atom stereocenters. The number of aromatic nitrogens is 1. The topological polar surface area (TPSA) is 105 Å². The van der Waals surface area contributed by atoms with Crippen molar-refractivity contribution >= 4 is 17.3 Å². The summed E-state index contributed by atoms with van der Waals surface area (Å²) in [7, 11) is 0. The molecule has 0 saturated carbocycles. The molecule has 8 heteroatoms. The van der Waals surface area contributed by atoms with Gasteiger partial charge in [0, 0.05) is 18.3 Å². The van der Waals surface area contributed by atoms with E-state index in [-0.39, 0.29) is 16.8 Å². The number of aromatic amines is 1. The number of nitrogens with one attached hydrogen (secondary N) is 2. The number of pyridine rings is 1. The first-order valence-corrected chi connectivity index (χ1v) is 5.41. The highest BCUT2D eigenvalue weighted by Crippen LogP contribution is 2.20. The molecule has 0 atom stereocenters. The van der Waals surface area contributed by atoms with Gasteiger partial charge < -0.3 is 10.3 Å². The van der Waals surface area contributed by atoms with Crippen molar-refractivity contribution in [3.63, 3.8) is 0 Å². The van der Waals surface area contributed by atoms with Crippen LogP contribution < -0.4 is 10.9 Å². The highest BCUT2D eigenvalue weighted by Gasteiger charge is 2.12. The Labute approximate surface area is 111 Å². The van der Waals surface area contributed by atoms with Crippen molar-refractivity contribution in [1.29, 1.82) is 0 Å². The number of carbonyl (C=O) groups excluding carboxylic acids is 1. The van der Waals surface area contributed by atoms with Gasteiger partial charge in [-0.25, -0.2) is 4.39 Å². The first kappa shape index (κ1) is 13.4. The van der Waals surface area contributed by atoms with E-state index in [1.807, 2.05) is 0 Å². The number of nitro benzene ring substituents is 1. The van der Waals surface area contributed by atoms with Crippen LogP contribution in [0.15, 0.2) is 41.3 Å². The molecule has 20 heavy (non-hydrogen) atoms. The maximum atomic E-state index is 13.2. The highest BCUT2D eigenvalue weighted by atomic mass is 19.1. The molecule has 0 radical (unpaired) electrons. The lowest BCUT2D eigenvalue weighted by molar-refractivity contribution is -0.385. The lowest BCUT2D eigenvalue weighted by Crippen LogP contribution is -2.14. The molecular formula is C12H8FN3O4. The quantitative estimate of drug-likeness (QED) is 0.657. The lowest BCUT2D eigenvalue weighted by Gasteiger charge is -2.05. The number of amides is 1. The van der Waals surface area contributed by atoms with Crippen LogP contribution in [0.1, 0.15) is 10.4 Å². The third kappa shape index (κ3) is 3.05. The van der Waals surface area contributed by atoms with Gasteiger partial charge in [0.25, 0.3) is 11.6 Å². The van der Waals surface area contributed by atoms with Gasteiger partial charge in [0.2, 0.25) is 5.56 Å². The molecule has 0 fully saturated rings. The van der Waals surface area contributed by atoms with Crippen molar-refractivity contribution in [2.75, 3.05) is 5.32 Å². The number of non-ortho nitro benzene ring substituents is 1. The van der Waals surface area contributed by atoms with E-state index in [4.69, 9.17) is 0 Å². The average Bonchev–Trinajstić information content (AvgIpc) is 2.38. The van der Waals surface area contributed by atoms with Gasteiger partial charge in [-0.3, -0.25) is 19.7 Å². The fourth-order valence-electron chi connectivity index (χ4n) is 1.51. The number of H-pyrrole nitrogens is 1. The van der Waals surface area contributed by atoms with Crippen molar-refractivity contribution < 1.29 is 14.1 Å². The SMILES string of the molecule is O=C(Nc1cc(F)cc([N+](=O)[O-])c1)c1ccc(=O)[nH]c1. The average molecular weight is 277 g/mol. The maximum Gasteiger partial charge on any atom is 0.274 e. The van der Waals surface area contributed by atoms with Gasteiger partial charge in [0.05, 0.1) is 22.2 Å². The Balaban J connectivity index is 2.25. The summed E-state index contributed by atoms with van der Waals surface area (Å²) in [4.78, 5) is 34.8. The van der Waals surface area contributed by atoms with Gasteiger partial charge in [-0.05, 0) is 12.1 Å². The van der Waals surface area contributed by atoms with E-state index < -0.39 is 22.3 Å². The van der Waals surface area contributed by atoms with Crippen LogP contribution in [-0.2, 0) is 0 Å². The van der Waals surface area contributed by atoms with Crippen LogP contribution in [-0.4, -0.2) is 15.8 Å². The number of nitrogens with zero attached hydrogens (tertiary/aromatic N) is 1. The second kappa shape index (κ2) is 5.31. The van der Waals surface area contributed by atoms with E-state index in [0.29, 0.717) is 0 Å². The molecule has 1 heterocycles. The predicted molar refractivity (Wildman–Crippen MR) is 68.1 cm³/mol. The Morgan fingerprint density at radius 2 is 2.05 bits per heavy atom. The molecule has 2 rings (SSSR count). The smallest absolute Gasteiger partial charge is 0.274 e. The zero-order valence-corrected chi connectivity index (χ0v) is 9.92. The molecule has 2 N–H and O–H groups in total. The standard InChI is InChI=1S/C12H8FN3O4/c13-8-3-9(5-10(4-8)16(19)20)15-12(18)7-1-2-11(17)14-6-7/h1-6H,(H,14,17)(H,15,18). The molecule has 7 nitrogen and oxygen atoms in total. The van der Waals surface area contributed by atoms with E-state index in [1.165, 1.54) is 12.3 Å². The van der Waals surface area contributed by atoms with Gasteiger partial charge in [-0.2, -0.15) is 0 Å². The fraction of sp³-hybridized carbons (Fsp3) is 0. The lowest BCUT2D eigenvalue weighted by atomic mass is 10.2. The number of nitro groups is 1. The molecule has 1 aromatic heterocycles. The number of hydrogen-bond acceptors (Lipinski definition) is 4. The number of anilines is 1. The first-order chi connectivity index (χ1) is 9.45. The Morgan fingerprint density at radius 3 is 2.65 bits per heavy atom. The molecule has 0 aliphatic carbocycles. The maximum absolute atomic E-state index is 13.2. The summed E-state index contributed by atoms with van der Waals surface area (Å²) in [5.74, 6) is -1.46. The van der Waals surface area contributed by atoms with Crippen molar-refractivity contribution in [2.45, 2.75) is 0 Å². The highest BCUT2D eigenvalue weighted by molar-refractivity contribution is 6.04. The van der Waals surface area contributed by atoms with Crippen LogP contribution in [0.4, 0.5) is 15.8 Å². The van der Waals surface area contributed by atoms with Crippen LogP contribution in [0.5, 0.6) is 0 Å². The molecular weight excluding hydrogens is 269 g/mol. The summed E-state index contributed by atoms with van der Waals surface area (Å²) in [5, 5.41) is 12.9. The summed E-state index contributed by atoms with van der Waals surface area (Å²) in [6.07, 6.45) is 1.19. The van der Waals surface area contributed by atoms with E-state index in [9.17, 15) is 24.1 Å². The number of carbonyl (C=O) groups is 1. The van der Waals surface area contributed by atoms with Gasteiger partial charge in [0.15, 0.2) is 0 Å². The molecule has 0 saturated heterocycles. The Bertz CT molecular complexity index is 721. The summed E-state index contributed by atoms with van der Waals surface area (Å²) in [6.45, 7) is 0. The minimum atomic E-state index is -0.837. The van der Waals surface area contributed by atoms with Gasteiger partial charge in [-0.15, -0.1) is 0 Å². The molecule has 1 aromatic carbocycles. The molecule has 1 amide bonds. The number of rotatable bonds is 3. The van der Waals surface area contributed by atoms with Crippen molar-refractivity contribution in [1.82, 2.24) is 4.98 Å². The molecule has 2 aromatic rings. The van der Waals surface area contributed by atoms with Crippen molar-refractivity contribution in [2.24, 2.45) is 0 Å². The minimum Gasteiger partial charge on any atom is -0.328 e. The Kier molecular flexibility index (Phi) is 3.56.